The number of carbonyl (C=O) groups is 1. The molecule has 0 radical (unpaired) electrons. The van der Waals surface area contributed by atoms with Gasteiger partial charge in [-0.3, -0.25) is 4.79 Å². The lowest BCUT2D eigenvalue weighted by atomic mass is 10.2. The predicted octanol–water partition coefficient (Wildman–Crippen LogP) is 5.53. The molecule has 0 amide bonds. The van der Waals surface area contributed by atoms with Crippen molar-refractivity contribution in [2.75, 3.05) is 5.75 Å². The zero-order valence-electron chi connectivity index (χ0n) is 11.2. The van der Waals surface area contributed by atoms with Crippen molar-refractivity contribution in [1.29, 1.82) is 0 Å². The van der Waals surface area contributed by atoms with Crippen LogP contribution in [0.5, 0.6) is 0 Å². The third-order valence-electron chi connectivity index (χ3n) is 2.56. The van der Waals surface area contributed by atoms with Gasteiger partial charge in [0.25, 0.3) is 0 Å². The summed E-state index contributed by atoms with van der Waals surface area (Å²) in [5.74, 6) is 0.972. The van der Waals surface area contributed by atoms with Crippen molar-refractivity contribution >= 4 is 52.2 Å². The van der Waals surface area contributed by atoms with E-state index in [9.17, 15) is 4.79 Å². The van der Waals surface area contributed by atoms with Crippen LogP contribution in [0.25, 0.3) is 0 Å². The van der Waals surface area contributed by atoms with E-state index in [-0.39, 0.29) is 9.70 Å². The van der Waals surface area contributed by atoms with Crippen LogP contribution in [0.4, 0.5) is 0 Å². The summed E-state index contributed by atoms with van der Waals surface area (Å²) in [4.78, 5) is 12.7. The van der Waals surface area contributed by atoms with E-state index in [0.29, 0.717) is 4.58 Å². The summed E-state index contributed by atoms with van der Waals surface area (Å²) >= 11 is 6.94. The number of hydrogen-bond acceptors (Lipinski definition) is 5. The molecule has 2 rings (SSSR count). The molecule has 20 heavy (non-hydrogen) atoms. The lowest BCUT2D eigenvalue weighted by Crippen LogP contribution is -1.97. The van der Waals surface area contributed by atoms with E-state index in [2.05, 4.69) is 43.2 Å². The van der Waals surface area contributed by atoms with Crippen LogP contribution in [0.1, 0.15) is 17.1 Å². The average Bonchev–Trinajstić information content (AvgIpc) is 2.95. The topological polar surface area (TPSA) is 17.1 Å². The zero-order chi connectivity index (χ0) is 14.4. The number of hydrogen-bond donors (Lipinski definition) is 0. The van der Waals surface area contributed by atoms with Gasteiger partial charge in [0, 0.05) is 10.7 Å². The summed E-state index contributed by atoms with van der Waals surface area (Å²) in [5.41, 5.74) is 1.36. The van der Waals surface area contributed by atoms with Crippen LogP contribution < -0.4 is 0 Å². The third kappa shape index (κ3) is 4.95. The molecule has 0 bridgehead atoms. The quantitative estimate of drug-likeness (QED) is 0.498. The largest absolute Gasteiger partial charge is 0.282 e. The highest BCUT2D eigenvalue weighted by Crippen LogP contribution is 2.51. The lowest BCUT2D eigenvalue weighted by molar-refractivity contribution is -0.107. The van der Waals surface area contributed by atoms with Crippen molar-refractivity contribution in [3.63, 3.8) is 0 Å². The van der Waals surface area contributed by atoms with Gasteiger partial charge in [-0.15, -0.1) is 35.3 Å². The molecular formula is C15H16OS4. The first-order valence-corrected chi connectivity index (χ1v) is 9.95. The minimum atomic E-state index is 0.0505. The fourth-order valence-electron chi connectivity index (χ4n) is 1.60. The SMILES string of the molecule is C=CC(=O)SC(C)SCC1=CSC(c2ccccc2)S1. The van der Waals surface area contributed by atoms with Gasteiger partial charge in [0.15, 0.2) is 0 Å². The Balaban J connectivity index is 1.76. The molecule has 0 fully saturated rings. The number of benzene rings is 1. The van der Waals surface area contributed by atoms with E-state index in [1.165, 1.54) is 28.3 Å². The Hall–Kier alpha value is -0.230. The molecule has 106 valence electrons. The van der Waals surface area contributed by atoms with Gasteiger partial charge in [-0.25, -0.2) is 0 Å². The zero-order valence-corrected chi connectivity index (χ0v) is 14.4. The van der Waals surface area contributed by atoms with Gasteiger partial charge in [-0.1, -0.05) is 48.7 Å². The Kier molecular flexibility index (Phi) is 6.68. The summed E-state index contributed by atoms with van der Waals surface area (Å²) in [7, 11) is 0. The van der Waals surface area contributed by atoms with Crippen LogP contribution >= 0.6 is 47.0 Å². The van der Waals surface area contributed by atoms with Crippen LogP contribution in [-0.4, -0.2) is 15.5 Å². The van der Waals surface area contributed by atoms with Crippen molar-refractivity contribution in [3.8, 4) is 0 Å². The van der Waals surface area contributed by atoms with E-state index < -0.39 is 0 Å². The van der Waals surface area contributed by atoms with Crippen LogP contribution in [0, 0.1) is 0 Å². The minimum Gasteiger partial charge on any atom is -0.282 e. The molecule has 0 aliphatic carbocycles. The molecule has 5 heteroatoms. The van der Waals surface area contributed by atoms with E-state index in [4.69, 9.17) is 0 Å². The number of thioether (sulfide) groups is 4. The Morgan fingerprint density at radius 2 is 2.20 bits per heavy atom. The van der Waals surface area contributed by atoms with E-state index in [0.717, 1.165) is 5.75 Å². The smallest absolute Gasteiger partial charge is 0.212 e. The van der Waals surface area contributed by atoms with Crippen LogP contribution in [0.3, 0.4) is 0 Å². The monoisotopic (exact) mass is 340 g/mol. The Morgan fingerprint density at radius 3 is 2.90 bits per heavy atom. The van der Waals surface area contributed by atoms with Crippen molar-refractivity contribution in [2.45, 2.75) is 16.1 Å². The van der Waals surface area contributed by atoms with Crippen LogP contribution in [0.15, 0.2) is 53.3 Å². The molecule has 1 aliphatic rings. The minimum absolute atomic E-state index is 0.0505. The molecule has 2 unspecified atom stereocenters. The van der Waals surface area contributed by atoms with Gasteiger partial charge < -0.3 is 0 Å². The lowest BCUT2D eigenvalue weighted by Gasteiger charge is -2.11. The van der Waals surface area contributed by atoms with Gasteiger partial charge >= 0.3 is 0 Å². The molecule has 1 heterocycles. The maximum Gasteiger partial charge on any atom is 0.212 e. The Labute approximate surface area is 137 Å². The first-order valence-electron chi connectivity index (χ1n) is 6.20. The highest BCUT2D eigenvalue weighted by Gasteiger charge is 2.21. The fourth-order valence-corrected chi connectivity index (χ4v) is 6.24. The second kappa shape index (κ2) is 8.27. The second-order valence-corrected chi connectivity index (χ2v) is 9.58. The van der Waals surface area contributed by atoms with Gasteiger partial charge in [0.1, 0.15) is 0 Å². The van der Waals surface area contributed by atoms with Gasteiger partial charge in [0.2, 0.25) is 5.12 Å². The van der Waals surface area contributed by atoms with Crippen LogP contribution in [-0.2, 0) is 4.79 Å². The first-order chi connectivity index (χ1) is 9.69. The number of carbonyl (C=O) groups excluding carboxylic acids is 1. The van der Waals surface area contributed by atoms with Crippen molar-refractivity contribution < 1.29 is 4.79 Å². The fraction of sp³-hybridized carbons (Fsp3) is 0.267. The summed E-state index contributed by atoms with van der Waals surface area (Å²) in [6, 6.07) is 10.6. The highest BCUT2D eigenvalue weighted by molar-refractivity contribution is 8.26. The molecule has 1 aromatic rings. The first kappa shape index (κ1) is 16.1. The van der Waals surface area contributed by atoms with Crippen molar-refractivity contribution in [2.24, 2.45) is 0 Å². The van der Waals surface area contributed by atoms with E-state index in [1.807, 2.05) is 29.6 Å². The molecule has 1 aliphatic heterocycles. The summed E-state index contributed by atoms with van der Waals surface area (Å²) < 4.78 is 0.743. The molecular weight excluding hydrogens is 324 g/mol. The molecule has 1 nitrogen and oxygen atoms in total. The second-order valence-electron chi connectivity index (χ2n) is 4.10. The molecule has 2 atom stereocenters. The summed E-state index contributed by atoms with van der Waals surface area (Å²) in [5, 5.41) is 2.30. The molecule has 0 saturated heterocycles. The Morgan fingerprint density at radius 1 is 1.45 bits per heavy atom. The van der Waals surface area contributed by atoms with Gasteiger partial charge in [-0.2, -0.15) is 0 Å². The third-order valence-corrected chi connectivity index (χ3v) is 7.88. The van der Waals surface area contributed by atoms with Crippen molar-refractivity contribution in [3.05, 3.63) is 58.9 Å². The van der Waals surface area contributed by atoms with Crippen molar-refractivity contribution in [1.82, 2.24) is 0 Å². The summed E-state index contributed by atoms with van der Waals surface area (Å²) in [6.07, 6.45) is 1.38. The van der Waals surface area contributed by atoms with Crippen LogP contribution in [0.2, 0.25) is 0 Å². The highest BCUT2D eigenvalue weighted by atomic mass is 32.2. The number of rotatable bonds is 6. The van der Waals surface area contributed by atoms with E-state index in [1.54, 1.807) is 11.8 Å². The standard InChI is InChI=1S/C15H16OS4/c1-3-14(16)19-11(2)17-9-13-10-18-15(20-13)12-7-5-4-6-8-12/h3-8,10-11,15H,1,9H2,2H3. The summed E-state index contributed by atoms with van der Waals surface area (Å²) in [6.45, 7) is 5.56. The molecule has 0 aromatic heterocycles. The maximum atomic E-state index is 11.3. The van der Waals surface area contributed by atoms with E-state index >= 15 is 0 Å². The molecule has 0 saturated carbocycles. The predicted molar refractivity (Wildman–Crippen MR) is 97.2 cm³/mol. The van der Waals surface area contributed by atoms with Gasteiger partial charge in [-0.05, 0) is 24.0 Å². The molecule has 1 aromatic carbocycles. The maximum absolute atomic E-state index is 11.3. The molecule has 0 spiro atoms. The average molecular weight is 341 g/mol. The van der Waals surface area contributed by atoms with Gasteiger partial charge in [0.05, 0.1) is 9.16 Å². The normalized spacial score (nSPS) is 19.4. The Bertz CT molecular complexity index is 498. The molecule has 0 N–H and O–H groups in total.